The maximum atomic E-state index is 12.3. The minimum absolute atomic E-state index is 0.115. The van der Waals surface area contributed by atoms with Crippen LogP contribution in [0.2, 0.25) is 0 Å². The molecule has 0 radical (unpaired) electrons. The van der Waals surface area contributed by atoms with Crippen molar-refractivity contribution in [2.45, 2.75) is 64.4 Å². The second-order valence-electron chi connectivity index (χ2n) is 7.39. The highest BCUT2D eigenvalue weighted by atomic mass is 32.1. The Kier molecular flexibility index (Phi) is 8.63. The Morgan fingerprint density at radius 2 is 1.77 bits per heavy atom. The number of amides is 2. The molecule has 0 heterocycles. The number of carbonyl (C=O) groups excluding carboxylic acids is 2. The molecule has 0 aliphatic heterocycles. The number of aryl methyl sites for hydroxylation is 1. The molecule has 1 unspecified atom stereocenters. The van der Waals surface area contributed by atoms with Gasteiger partial charge in [-0.1, -0.05) is 43.2 Å². The summed E-state index contributed by atoms with van der Waals surface area (Å²) in [6, 6.07) is 7.83. The van der Waals surface area contributed by atoms with E-state index in [1.54, 1.807) is 20.8 Å². The van der Waals surface area contributed by atoms with Gasteiger partial charge in [0.1, 0.15) is 10.5 Å². The van der Waals surface area contributed by atoms with Crippen LogP contribution < -0.4 is 10.6 Å². The van der Waals surface area contributed by atoms with Gasteiger partial charge in [0.25, 0.3) is 5.91 Å². The number of hydrogen-bond acceptors (Lipinski definition) is 4. The summed E-state index contributed by atoms with van der Waals surface area (Å²) in [5, 5.41) is 5.71. The first-order valence-electron chi connectivity index (χ1n) is 9.07. The number of ether oxygens (including phenoxy) is 1. The number of rotatable bonds is 10. The summed E-state index contributed by atoms with van der Waals surface area (Å²) in [7, 11) is 0. The molecule has 6 heteroatoms. The SMILES string of the molecule is CCCCNC(=O)C(C)(C)OCC(C)(S)NC(=O)Cc1ccc(C)cc1. The highest BCUT2D eigenvalue weighted by molar-refractivity contribution is 7.81. The zero-order valence-corrected chi connectivity index (χ0v) is 17.4. The maximum absolute atomic E-state index is 12.3. The monoisotopic (exact) mass is 380 g/mol. The van der Waals surface area contributed by atoms with Crippen LogP contribution in [0.15, 0.2) is 24.3 Å². The fourth-order valence-corrected chi connectivity index (χ4v) is 2.44. The fourth-order valence-electron chi connectivity index (χ4n) is 2.25. The summed E-state index contributed by atoms with van der Waals surface area (Å²) >= 11 is 4.49. The lowest BCUT2D eigenvalue weighted by Gasteiger charge is -2.31. The molecule has 2 N–H and O–H groups in total. The maximum Gasteiger partial charge on any atom is 0.251 e. The van der Waals surface area contributed by atoms with Crippen LogP contribution in [0.4, 0.5) is 0 Å². The molecule has 146 valence electrons. The molecule has 1 aromatic carbocycles. The first-order valence-corrected chi connectivity index (χ1v) is 9.51. The Labute approximate surface area is 162 Å². The van der Waals surface area contributed by atoms with Gasteiger partial charge in [0, 0.05) is 6.54 Å². The van der Waals surface area contributed by atoms with Crippen molar-refractivity contribution in [3.05, 3.63) is 35.4 Å². The second-order valence-corrected chi connectivity index (χ2v) is 8.38. The summed E-state index contributed by atoms with van der Waals surface area (Å²) in [4.78, 5) is 23.6. The third-order valence-corrected chi connectivity index (χ3v) is 4.21. The molecule has 0 bridgehead atoms. The van der Waals surface area contributed by atoms with Crippen molar-refractivity contribution in [3.63, 3.8) is 0 Å². The van der Waals surface area contributed by atoms with Crippen molar-refractivity contribution in [3.8, 4) is 0 Å². The Morgan fingerprint density at radius 3 is 2.35 bits per heavy atom. The van der Waals surface area contributed by atoms with Gasteiger partial charge < -0.3 is 15.4 Å². The highest BCUT2D eigenvalue weighted by Gasteiger charge is 2.32. The van der Waals surface area contributed by atoms with Crippen LogP contribution in [0.25, 0.3) is 0 Å². The van der Waals surface area contributed by atoms with Gasteiger partial charge in [-0.3, -0.25) is 9.59 Å². The fraction of sp³-hybridized carbons (Fsp3) is 0.600. The van der Waals surface area contributed by atoms with Crippen LogP contribution in [0.1, 0.15) is 51.7 Å². The average Bonchev–Trinajstić information content (AvgIpc) is 2.55. The summed E-state index contributed by atoms with van der Waals surface area (Å²) in [5.74, 6) is -0.304. The molecule has 0 aromatic heterocycles. The smallest absolute Gasteiger partial charge is 0.251 e. The van der Waals surface area contributed by atoms with Gasteiger partial charge in [-0.25, -0.2) is 0 Å². The van der Waals surface area contributed by atoms with Crippen molar-refractivity contribution in [2.75, 3.05) is 13.2 Å². The molecule has 0 fully saturated rings. The van der Waals surface area contributed by atoms with Crippen LogP contribution in [-0.4, -0.2) is 35.4 Å². The van der Waals surface area contributed by atoms with E-state index in [2.05, 4.69) is 30.2 Å². The number of unbranched alkanes of at least 4 members (excludes halogenated alkanes) is 1. The minimum atomic E-state index is -0.987. The van der Waals surface area contributed by atoms with Crippen LogP contribution in [0, 0.1) is 6.92 Å². The molecule has 5 nitrogen and oxygen atoms in total. The van der Waals surface area contributed by atoms with Gasteiger partial charge in [-0.05, 0) is 39.7 Å². The summed E-state index contributed by atoms with van der Waals surface area (Å²) in [5.41, 5.74) is 1.11. The Balaban J connectivity index is 2.50. The molecular formula is C20H32N2O3S. The molecule has 0 saturated carbocycles. The van der Waals surface area contributed by atoms with E-state index in [0.29, 0.717) is 6.54 Å². The van der Waals surface area contributed by atoms with Crippen molar-refractivity contribution in [2.24, 2.45) is 0 Å². The van der Waals surface area contributed by atoms with E-state index < -0.39 is 10.5 Å². The summed E-state index contributed by atoms with van der Waals surface area (Å²) in [6.07, 6.45) is 2.22. The van der Waals surface area contributed by atoms with Gasteiger partial charge in [-0.15, -0.1) is 12.6 Å². The van der Waals surface area contributed by atoms with Gasteiger partial charge in [0.15, 0.2) is 0 Å². The predicted molar refractivity (Wildman–Crippen MR) is 108 cm³/mol. The predicted octanol–water partition coefficient (Wildman–Crippen LogP) is 3.01. The second kappa shape index (κ2) is 9.97. The van der Waals surface area contributed by atoms with Crippen LogP contribution in [0.5, 0.6) is 0 Å². The minimum Gasteiger partial charge on any atom is -0.362 e. The Morgan fingerprint density at radius 1 is 1.15 bits per heavy atom. The highest BCUT2D eigenvalue weighted by Crippen LogP contribution is 2.17. The first-order chi connectivity index (χ1) is 12.1. The third kappa shape index (κ3) is 8.23. The van der Waals surface area contributed by atoms with E-state index in [1.165, 1.54) is 0 Å². The van der Waals surface area contributed by atoms with E-state index in [0.717, 1.165) is 24.0 Å². The molecule has 26 heavy (non-hydrogen) atoms. The lowest BCUT2D eigenvalue weighted by Crippen LogP contribution is -2.51. The van der Waals surface area contributed by atoms with E-state index >= 15 is 0 Å². The van der Waals surface area contributed by atoms with Crippen LogP contribution in [0.3, 0.4) is 0 Å². The molecule has 2 amide bonds. The lowest BCUT2D eigenvalue weighted by atomic mass is 10.1. The summed E-state index contributed by atoms with van der Waals surface area (Å²) < 4.78 is 5.75. The third-order valence-electron chi connectivity index (χ3n) is 3.97. The van der Waals surface area contributed by atoms with Crippen molar-refractivity contribution in [1.29, 1.82) is 0 Å². The first kappa shape index (κ1) is 22.5. The van der Waals surface area contributed by atoms with Crippen LogP contribution >= 0.6 is 12.6 Å². The van der Waals surface area contributed by atoms with Crippen molar-refractivity contribution in [1.82, 2.24) is 10.6 Å². The molecule has 1 aromatic rings. The van der Waals surface area contributed by atoms with E-state index in [1.807, 2.05) is 31.2 Å². The molecule has 0 saturated heterocycles. The Bertz CT molecular complexity index is 598. The zero-order valence-electron chi connectivity index (χ0n) is 16.5. The average molecular weight is 381 g/mol. The quantitative estimate of drug-likeness (QED) is 0.332. The number of nitrogens with one attached hydrogen (secondary N) is 2. The molecular weight excluding hydrogens is 348 g/mol. The number of benzene rings is 1. The van der Waals surface area contributed by atoms with Gasteiger partial charge in [0.05, 0.1) is 13.0 Å². The van der Waals surface area contributed by atoms with E-state index in [9.17, 15) is 9.59 Å². The topological polar surface area (TPSA) is 67.4 Å². The van der Waals surface area contributed by atoms with Gasteiger partial charge >= 0.3 is 0 Å². The van der Waals surface area contributed by atoms with Gasteiger partial charge in [-0.2, -0.15) is 0 Å². The van der Waals surface area contributed by atoms with Gasteiger partial charge in [0.2, 0.25) is 5.91 Å². The number of hydrogen-bond donors (Lipinski definition) is 3. The van der Waals surface area contributed by atoms with Crippen molar-refractivity contribution < 1.29 is 14.3 Å². The molecule has 1 atom stereocenters. The molecule has 0 aliphatic rings. The van der Waals surface area contributed by atoms with Crippen molar-refractivity contribution >= 4 is 24.4 Å². The molecule has 1 rings (SSSR count). The largest absolute Gasteiger partial charge is 0.362 e. The molecule has 0 spiro atoms. The summed E-state index contributed by atoms with van der Waals surface area (Å²) in [6.45, 7) is 10.0. The lowest BCUT2D eigenvalue weighted by molar-refractivity contribution is -0.144. The number of carbonyl (C=O) groups is 2. The zero-order chi connectivity index (χ0) is 19.8. The van der Waals surface area contributed by atoms with Crippen LogP contribution in [-0.2, 0) is 20.7 Å². The normalized spacial score (nSPS) is 13.8. The molecule has 0 aliphatic carbocycles. The van der Waals surface area contributed by atoms with E-state index in [-0.39, 0.29) is 24.8 Å². The number of thiol groups is 1. The standard InChI is InChI=1S/C20H32N2O3S/c1-6-7-12-21-18(24)19(3,4)25-14-20(5,26)22-17(23)13-16-10-8-15(2)9-11-16/h8-11,26H,6-7,12-14H2,1-5H3,(H,21,24)(H,22,23). The van der Waals surface area contributed by atoms with E-state index in [4.69, 9.17) is 4.74 Å². The Hall–Kier alpha value is -1.53.